The molecule has 3 atom stereocenters. The number of carbonyl (C=O) groups is 3. The zero-order chi connectivity index (χ0) is 21.1. The number of amides is 3. The Balaban J connectivity index is 1.57. The Kier molecular flexibility index (Phi) is 6.41. The number of halogens is 2. The normalized spacial score (nSPS) is 24.4. The Morgan fingerprint density at radius 3 is 2.66 bits per heavy atom. The van der Waals surface area contributed by atoms with Gasteiger partial charge in [-0.3, -0.25) is 14.4 Å². The fraction of sp³-hybridized carbons (Fsp3) is 0.579. The van der Waals surface area contributed by atoms with E-state index in [1.807, 2.05) is 0 Å². The summed E-state index contributed by atoms with van der Waals surface area (Å²) in [7, 11) is 1.64. The summed E-state index contributed by atoms with van der Waals surface area (Å²) in [6.07, 6.45) is 1.73. The van der Waals surface area contributed by atoms with Crippen LogP contribution in [0, 0.1) is 17.6 Å². The standard InChI is InChI=1S/C19H24F2N4O4/c1-24(18(27)15-5-4-14(29-15)17(22)26)9-11-3-2-6-25(10-11)19(28)16-13(21)7-12(20)8-23-16/h7-8,11,14-15H,2-6,9-10H2,1H3,(H2,22,26)/t11?,14-,15+/m1/s1. The van der Waals surface area contributed by atoms with Crippen molar-refractivity contribution in [3.05, 3.63) is 29.6 Å². The fourth-order valence-electron chi connectivity index (χ4n) is 3.87. The van der Waals surface area contributed by atoms with E-state index in [0.717, 1.165) is 12.6 Å². The van der Waals surface area contributed by atoms with Crippen molar-refractivity contribution < 1.29 is 27.9 Å². The van der Waals surface area contributed by atoms with Gasteiger partial charge in [-0.25, -0.2) is 13.8 Å². The van der Waals surface area contributed by atoms with Crippen LogP contribution in [0.3, 0.4) is 0 Å². The number of carbonyl (C=O) groups excluding carboxylic acids is 3. The molecule has 0 bridgehead atoms. The quantitative estimate of drug-likeness (QED) is 0.769. The van der Waals surface area contributed by atoms with Crippen LogP contribution in [-0.2, 0) is 14.3 Å². The summed E-state index contributed by atoms with van der Waals surface area (Å²) < 4.78 is 32.3. The molecule has 0 spiro atoms. The second-order valence-corrected chi connectivity index (χ2v) is 7.56. The zero-order valence-corrected chi connectivity index (χ0v) is 16.1. The van der Waals surface area contributed by atoms with E-state index in [-0.39, 0.29) is 11.8 Å². The predicted octanol–water partition coefficient (Wildman–Crippen LogP) is 0.703. The summed E-state index contributed by atoms with van der Waals surface area (Å²) in [4.78, 5) is 42.9. The second kappa shape index (κ2) is 8.81. The van der Waals surface area contributed by atoms with E-state index in [2.05, 4.69) is 4.98 Å². The van der Waals surface area contributed by atoms with Crippen molar-refractivity contribution in [2.24, 2.45) is 11.7 Å². The molecule has 0 saturated carbocycles. The zero-order valence-electron chi connectivity index (χ0n) is 16.1. The Morgan fingerprint density at radius 1 is 1.28 bits per heavy atom. The number of likely N-dealkylation sites (tertiary alicyclic amines) is 1. The van der Waals surface area contributed by atoms with Crippen LogP contribution in [-0.4, -0.2) is 71.4 Å². The highest BCUT2D eigenvalue weighted by Gasteiger charge is 2.36. The summed E-state index contributed by atoms with van der Waals surface area (Å²) in [6.45, 7) is 1.17. The molecule has 3 amide bonds. The largest absolute Gasteiger partial charge is 0.367 e. The highest BCUT2D eigenvalue weighted by atomic mass is 19.1. The number of pyridine rings is 1. The lowest BCUT2D eigenvalue weighted by Crippen LogP contribution is -2.46. The van der Waals surface area contributed by atoms with Gasteiger partial charge in [0.2, 0.25) is 5.91 Å². The van der Waals surface area contributed by atoms with Crippen molar-refractivity contribution >= 4 is 17.7 Å². The first-order chi connectivity index (χ1) is 13.8. The minimum atomic E-state index is -0.994. The lowest BCUT2D eigenvalue weighted by Gasteiger charge is -2.35. The van der Waals surface area contributed by atoms with Crippen LogP contribution in [0.4, 0.5) is 8.78 Å². The molecule has 0 aromatic carbocycles. The molecule has 0 aliphatic carbocycles. The van der Waals surface area contributed by atoms with Gasteiger partial charge >= 0.3 is 0 Å². The minimum Gasteiger partial charge on any atom is -0.367 e. The van der Waals surface area contributed by atoms with Crippen molar-refractivity contribution in [3.8, 4) is 0 Å². The number of aromatic nitrogens is 1. The van der Waals surface area contributed by atoms with Gasteiger partial charge in [-0.15, -0.1) is 0 Å². The van der Waals surface area contributed by atoms with Crippen LogP contribution in [0.2, 0.25) is 0 Å². The molecule has 158 valence electrons. The van der Waals surface area contributed by atoms with E-state index in [1.54, 1.807) is 7.05 Å². The van der Waals surface area contributed by atoms with Crippen LogP contribution in [0.25, 0.3) is 0 Å². The third-order valence-corrected chi connectivity index (χ3v) is 5.34. The number of nitrogens with zero attached hydrogens (tertiary/aromatic N) is 3. The van der Waals surface area contributed by atoms with E-state index >= 15 is 0 Å². The first kappa shape index (κ1) is 21.1. The molecule has 0 radical (unpaired) electrons. The average molecular weight is 410 g/mol. The van der Waals surface area contributed by atoms with Gasteiger partial charge in [-0.05, 0) is 31.6 Å². The molecule has 2 aliphatic heterocycles. The maximum absolute atomic E-state index is 13.9. The summed E-state index contributed by atoms with van der Waals surface area (Å²) in [5.41, 5.74) is 4.81. The third kappa shape index (κ3) is 4.87. The Bertz CT molecular complexity index is 806. The number of likely N-dealkylation sites (N-methyl/N-ethyl adjacent to an activating group) is 1. The molecule has 1 aromatic rings. The number of hydrogen-bond donors (Lipinski definition) is 1. The number of ether oxygens (including phenoxy) is 1. The van der Waals surface area contributed by atoms with Crippen LogP contribution >= 0.6 is 0 Å². The molecule has 1 unspecified atom stereocenters. The first-order valence-electron chi connectivity index (χ1n) is 9.56. The first-order valence-corrected chi connectivity index (χ1v) is 9.56. The molecule has 29 heavy (non-hydrogen) atoms. The summed E-state index contributed by atoms with van der Waals surface area (Å²) in [5, 5.41) is 0. The van der Waals surface area contributed by atoms with E-state index < -0.39 is 41.4 Å². The third-order valence-electron chi connectivity index (χ3n) is 5.34. The maximum Gasteiger partial charge on any atom is 0.275 e. The van der Waals surface area contributed by atoms with Gasteiger partial charge in [0.25, 0.3) is 11.8 Å². The molecule has 2 fully saturated rings. The summed E-state index contributed by atoms with van der Waals surface area (Å²) in [5.74, 6) is -3.24. The number of rotatable bonds is 5. The van der Waals surface area contributed by atoms with Crippen molar-refractivity contribution in [1.29, 1.82) is 0 Å². The van der Waals surface area contributed by atoms with Crippen molar-refractivity contribution in [2.45, 2.75) is 37.9 Å². The monoisotopic (exact) mass is 410 g/mol. The molecule has 2 N–H and O–H groups in total. The summed E-state index contributed by atoms with van der Waals surface area (Å²) >= 11 is 0. The van der Waals surface area contributed by atoms with Crippen molar-refractivity contribution in [2.75, 3.05) is 26.7 Å². The summed E-state index contributed by atoms with van der Waals surface area (Å²) in [6, 6.07) is 0.634. The van der Waals surface area contributed by atoms with Gasteiger partial charge in [-0.2, -0.15) is 0 Å². The van der Waals surface area contributed by atoms with Crippen LogP contribution in [0.1, 0.15) is 36.2 Å². The molecule has 3 heterocycles. The molecule has 1 aromatic heterocycles. The van der Waals surface area contributed by atoms with Crippen LogP contribution in [0.15, 0.2) is 12.3 Å². The second-order valence-electron chi connectivity index (χ2n) is 7.56. The number of hydrogen-bond acceptors (Lipinski definition) is 5. The lowest BCUT2D eigenvalue weighted by atomic mass is 9.97. The molecule has 2 saturated heterocycles. The number of nitrogens with two attached hydrogens (primary N) is 1. The molecule has 2 aliphatic rings. The highest BCUT2D eigenvalue weighted by Crippen LogP contribution is 2.23. The van der Waals surface area contributed by atoms with E-state index in [9.17, 15) is 23.2 Å². The molecular formula is C19H24F2N4O4. The Hall–Kier alpha value is -2.62. The van der Waals surface area contributed by atoms with Gasteiger partial charge in [0.15, 0.2) is 11.5 Å². The maximum atomic E-state index is 13.9. The van der Waals surface area contributed by atoms with E-state index in [1.165, 1.54) is 9.80 Å². The molecular weight excluding hydrogens is 386 g/mol. The SMILES string of the molecule is CN(CC1CCCN(C(=O)c2ncc(F)cc2F)C1)C(=O)[C@@H]1CC[C@H](C(N)=O)O1. The Labute approximate surface area is 167 Å². The fourth-order valence-corrected chi connectivity index (χ4v) is 3.87. The van der Waals surface area contributed by atoms with Gasteiger partial charge in [0, 0.05) is 32.7 Å². The van der Waals surface area contributed by atoms with Gasteiger partial charge in [0.1, 0.15) is 18.0 Å². The van der Waals surface area contributed by atoms with Crippen molar-refractivity contribution in [3.63, 3.8) is 0 Å². The van der Waals surface area contributed by atoms with Crippen LogP contribution < -0.4 is 5.73 Å². The topological polar surface area (TPSA) is 106 Å². The molecule has 3 rings (SSSR count). The highest BCUT2D eigenvalue weighted by molar-refractivity contribution is 5.92. The Morgan fingerprint density at radius 2 is 2.00 bits per heavy atom. The molecule has 10 heteroatoms. The van der Waals surface area contributed by atoms with E-state index in [4.69, 9.17) is 10.5 Å². The number of piperidine rings is 1. The smallest absolute Gasteiger partial charge is 0.275 e. The predicted molar refractivity (Wildman–Crippen MR) is 97.5 cm³/mol. The van der Waals surface area contributed by atoms with Crippen molar-refractivity contribution in [1.82, 2.24) is 14.8 Å². The minimum absolute atomic E-state index is 0.00139. The van der Waals surface area contributed by atoms with Gasteiger partial charge < -0.3 is 20.3 Å². The lowest BCUT2D eigenvalue weighted by molar-refractivity contribution is -0.145. The van der Waals surface area contributed by atoms with Gasteiger partial charge in [-0.1, -0.05) is 0 Å². The van der Waals surface area contributed by atoms with Crippen LogP contribution in [0.5, 0.6) is 0 Å². The van der Waals surface area contributed by atoms with E-state index in [0.29, 0.717) is 45.0 Å². The number of primary amides is 1. The average Bonchev–Trinajstić information content (AvgIpc) is 3.17. The van der Waals surface area contributed by atoms with Gasteiger partial charge in [0.05, 0.1) is 6.20 Å². The molecule has 8 nitrogen and oxygen atoms in total.